The van der Waals surface area contributed by atoms with Gasteiger partial charge in [-0.3, -0.25) is 4.79 Å². The van der Waals surface area contributed by atoms with Gasteiger partial charge < -0.3 is 15.3 Å². The minimum absolute atomic E-state index is 0.0726. The predicted molar refractivity (Wildman–Crippen MR) is 46.4 cm³/mol. The largest absolute Gasteiger partial charge is 0.508 e. The Balaban J connectivity index is 3.01. The molecular formula is C9H8O5. The molecule has 5 nitrogen and oxygen atoms in total. The van der Waals surface area contributed by atoms with E-state index in [0.29, 0.717) is 0 Å². The molecule has 0 unspecified atom stereocenters. The van der Waals surface area contributed by atoms with Crippen LogP contribution in [0.3, 0.4) is 0 Å². The first-order chi connectivity index (χ1) is 6.50. The van der Waals surface area contributed by atoms with Crippen molar-refractivity contribution in [1.29, 1.82) is 0 Å². The van der Waals surface area contributed by atoms with Crippen molar-refractivity contribution in [3.8, 4) is 5.75 Å². The Morgan fingerprint density at radius 3 is 2.29 bits per heavy atom. The maximum absolute atomic E-state index is 10.5. The summed E-state index contributed by atoms with van der Waals surface area (Å²) in [6.45, 7) is 0. The fourth-order valence-corrected chi connectivity index (χ4v) is 1.01. The Morgan fingerprint density at radius 1 is 1.21 bits per heavy atom. The molecule has 0 aliphatic rings. The highest BCUT2D eigenvalue weighted by molar-refractivity contribution is 5.88. The summed E-state index contributed by atoms with van der Waals surface area (Å²) in [7, 11) is 0. The minimum Gasteiger partial charge on any atom is -0.508 e. The van der Waals surface area contributed by atoms with Gasteiger partial charge in [0, 0.05) is 5.56 Å². The van der Waals surface area contributed by atoms with Crippen molar-refractivity contribution in [2.24, 2.45) is 0 Å². The molecule has 1 aromatic rings. The number of carboxylic acid groups (broad SMARTS) is 2. The Kier molecular flexibility index (Phi) is 2.71. The van der Waals surface area contributed by atoms with Gasteiger partial charge in [-0.2, -0.15) is 0 Å². The second-order valence-corrected chi connectivity index (χ2v) is 2.72. The van der Waals surface area contributed by atoms with Crippen LogP contribution in [0.15, 0.2) is 18.2 Å². The second-order valence-electron chi connectivity index (χ2n) is 2.72. The Bertz CT molecular complexity index is 383. The van der Waals surface area contributed by atoms with Crippen molar-refractivity contribution in [2.75, 3.05) is 0 Å². The zero-order valence-electron chi connectivity index (χ0n) is 7.10. The van der Waals surface area contributed by atoms with E-state index in [4.69, 9.17) is 10.2 Å². The normalized spacial score (nSPS) is 9.71. The molecule has 3 N–H and O–H groups in total. The molecule has 1 aromatic carbocycles. The summed E-state index contributed by atoms with van der Waals surface area (Å²) in [5.41, 5.74) is 0.124. The van der Waals surface area contributed by atoms with Crippen molar-refractivity contribution in [1.82, 2.24) is 0 Å². The quantitative estimate of drug-likeness (QED) is 0.662. The maximum Gasteiger partial charge on any atom is 0.335 e. The number of aromatic carboxylic acids is 1. The van der Waals surface area contributed by atoms with Gasteiger partial charge in [-0.25, -0.2) is 4.79 Å². The minimum atomic E-state index is -1.16. The van der Waals surface area contributed by atoms with E-state index in [1.54, 1.807) is 0 Å². The molecule has 0 bridgehead atoms. The van der Waals surface area contributed by atoms with Crippen LogP contribution in [0.2, 0.25) is 0 Å². The lowest BCUT2D eigenvalue weighted by Gasteiger charge is -2.02. The van der Waals surface area contributed by atoms with Crippen LogP contribution in [0.5, 0.6) is 5.75 Å². The third-order valence-corrected chi connectivity index (χ3v) is 1.67. The average molecular weight is 196 g/mol. The standard InChI is InChI=1S/C9H8O5/c10-7-3-6(9(13)14)2-1-5(7)4-8(11)12/h1-3,10H,4H2,(H,11,12)(H,13,14). The second kappa shape index (κ2) is 3.78. The van der Waals surface area contributed by atoms with Gasteiger partial charge in [-0.1, -0.05) is 6.07 Å². The molecule has 74 valence electrons. The van der Waals surface area contributed by atoms with E-state index < -0.39 is 11.9 Å². The van der Waals surface area contributed by atoms with Gasteiger partial charge in [0.25, 0.3) is 0 Å². The van der Waals surface area contributed by atoms with Crippen molar-refractivity contribution in [3.05, 3.63) is 29.3 Å². The van der Waals surface area contributed by atoms with Gasteiger partial charge in [0.1, 0.15) is 5.75 Å². The molecule has 14 heavy (non-hydrogen) atoms. The third kappa shape index (κ3) is 2.22. The van der Waals surface area contributed by atoms with Crippen LogP contribution >= 0.6 is 0 Å². The monoisotopic (exact) mass is 196 g/mol. The van der Waals surface area contributed by atoms with Gasteiger partial charge in [0.15, 0.2) is 0 Å². The molecule has 1 rings (SSSR count). The number of aliphatic carboxylic acids is 1. The molecule has 0 aromatic heterocycles. The smallest absolute Gasteiger partial charge is 0.335 e. The number of phenols is 1. The summed E-state index contributed by atoms with van der Waals surface area (Å²) in [5, 5.41) is 26.3. The number of hydrogen-bond acceptors (Lipinski definition) is 3. The highest BCUT2D eigenvalue weighted by Crippen LogP contribution is 2.19. The first-order valence-corrected chi connectivity index (χ1v) is 3.77. The van der Waals surface area contributed by atoms with Crippen LogP contribution in [-0.4, -0.2) is 27.3 Å². The molecule has 0 radical (unpaired) electrons. The molecule has 0 aliphatic heterocycles. The van der Waals surface area contributed by atoms with Gasteiger partial charge in [0.2, 0.25) is 0 Å². The Labute approximate surface area is 79.2 Å². The molecule has 0 heterocycles. The molecule has 0 saturated carbocycles. The van der Waals surface area contributed by atoms with Crippen LogP contribution in [0, 0.1) is 0 Å². The number of aromatic hydroxyl groups is 1. The molecule has 0 spiro atoms. The Hall–Kier alpha value is -2.04. The van der Waals surface area contributed by atoms with Crippen LogP contribution in [-0.2, 0) is 11.2 Å². The molecule has 0 saturated heterocycles. The van der Waals surface area contributed by atoms with E-state index in [2.05, 4.69) is 0 Å². The van der Waals surface area contributed by atoms with E-state index in [1.807, 2.05) is 0 Å². The fraction of sp³-hybridized carbons (Fsp3) is 0.111. The van der Waals surface area contributed by atoms with Gasteiger partial charge in [0.05, 0.1) is 12.0 Å². The molecule has 5 heteroatoms. The van der Waals surface area contributed by atoms with Gasteiger partial charge in [-0.05, 0) is 12.1 Å². The van der Waals surface area contributed by atoms with Crippen molar-refractivity contribution < 1.29 is 24.9 Å². The number of hydrogen-bond donors (Lipinski definition) is 3. The van der Waals surface area contributed by atoms with Crippen molar-refractivity contribution in [3.63, 3.8) is 0 Å². The molecule has 0 aliphatic carbocycles. The highest BCUT2D eigenvalue weighted by atomic mass is 16.4. The van der Waals surface area contributed by atoms with Crippen molar-refractivity contribution >= 4 is 11.9 Å². The summed E-state index contributed by atoms with van der Waals surface area (Å²) in [6, 6.07) is 3.56. The summed E-state index contributed by atoms with van der Waals surface area (Å²) < 4.78 is 0. The predicted octanol–water partition coefficient (Wildman–Crippen LogP) is 0.718. The lowest BCUT2D eigenvalue weighted by Crippen LogP contribution is -2.02. The fourth-order valence-electron chi connectivity index (χ4n) is 1.01. The zero-order valence-corrected chi connectivity index (χ0v) is 7.10. The first-order valence-electron chi connectivity index (χ1n) is 3.77. The number of rotatable bonds is 3. The van der Waals surface area contributed by atoms with E-state index >= 15 is 0 Å². The van der Waals surface area contributed by atoms with Crippen molar-refractivity contribution in [2.45, 2.75) is 6.42 Å². The summed E-state index contributed by atoms with van der Waals surface area (Å²) >= 11 is 0. The van der Waals surface area contributed by atoms with E-state index in [1.165, 1.54) is 12.1 Å². The highest BCUT2D eigenvalue weighted by Gasteiger charge is 2.09. The maximum atomic E-state index is 10.5. The molecule has 0 amide bonds. The van der Waals surface area contributed by atoms with E-state index in [-0.39, 0.29) is 23.3 Å². The Morgan fingerprint density at radius 2 is 1.86 bits per heavy atom. The zero-order chi connectivity index (χ0) is 10.7. The topological polar surface area (TPSA) is 94.8 Å². The van der Waals surface area contributed by atoms with Crippen LogP contribution in [0.1, 0.15) is 15.9 Å². The van der Waals surface area contributed by atoms with Crippen LogP contribution < -0.4 is 0 Å². The van der Waals surface area contributed by atoms with Crippen LogP contribution in [0.25, 0.3) is 0 Å². The van der Waals surface area contributed by atoms with Gasteiger partial charge in [-0.15, -0.1) is 0 Å². The lowest BCUT2D eigenvalue weighted by atomic mass is 10.1. The lowest BCUT2D eigenvalue weighted by molar-refractivity contribution is -0.136. The number of carbonyl (C=O) groups is 2. The molecule has 0 atom stereocenters. The first kappa shape index (κ1) is 10.0. The van der Waals surface area contributed by atoms with Crippen LogP contribution in [0.4, 0.5) is 0 Å². The summed E-state index contributed by atoms with van der Waals surface area (Å²) in [6.07, 6.45) is -0.328. The molecule has 0 fully saturated rings. The third-order valence-electron chi connectivity index (χ3n) is 1.67. The average Bonchev–Trinajstić information content (AvgIpc) is 2.07. The van der Waals surface area contributed by atoms with Gasteiger partial charge >= 0.3 is 11.9 Å². The molecular weight excluding hydrogens is 188 g/mol. The summed E-state index contributed by atoms with van der Waals surface area (Å²) in [4.78, 5) is 20.8. The number of benzene rings is 1. The number of carboxylic acids is 2. The SMILES string of the molecule is O=C(O)Cc1ccc(C(=O)O)cc1O. The van der Waals surface area contributed by atoms with E-state index in [0.717, 1.165) is 6.07 Å². The summed E-state index contributed by atoms with van der Waals surface area (Å²) in [5.74, 6) is -2.56. The van der Waals surface area contributed by atoms with E-state index in [9.17, 15) is 14.7 Å². The number of phenolic OH excluding ortho intramolecular Hbond substituents is 1.